The Kier molecular flexibility index (Phi) is 9.33. The van der Waals surface area contributed by atoms with Gasteiger partial charge in [0.15, 0.2) is 15.4 Å². The molecule has 1 saturated heterocycles. The number of rotatable bonds is 9. The number of alkyl halides is 5. The molecule has 42 heavy (non-hydrogen) atoms. The lowest BCUT2D eigenvalue weighted by Crippen LogP contribution is -2.59. The van der Waals surface area contributed by atoms with Crippen LogP contribution < -0.4 is 10.6 Å². The van der Waals surface area contributed by atoms with E-state index in [0.29, 0.717) is 32.8 Å². The van der Waals surface area contributed by atoms with Crippen LogP contribution in [0.15, 0.2) is 48.2 Å². The zero-order chi connectivity index (χ0) is 30.7. The summed E-state index contributed by atoms with van der Waals surface area (Å²) in [6.07, 6.45) is -7.12. The van der Waals surface area contributed by atoms with Crippen LogP contribution in [0.2, 0.25) is 0 Å². The van der Waals surface area contributed by atoms with Gasteiger partial charge in [-0.05, 0) is 28.8 Å². The number of sulfone groups is 1. The summed E-state index contributed by atoms with van der Waals surface area (Å²) in [4.78, 5) is 31.4. The van der Waals surface area contributed by atoms with Crippen molar-refractivity contribution >= 4 is 27.2 Å². The number of halogens is 5. The second-order valence-corrected chi connectivity index (χ2v) is 12.3. The second kappa shape index (κ2) is 12.4. The molecular formula is C27H29F5N4O5S. The Morgan fingerprint density at radius 3 is 2.36 bits per heavy atom. The van der Waals surface area contributed by atoms with Crippen LogP contribution in [-0.4, -0.2) is 81.1 Å². The summed E-state index contributed by atoms with van der Waals surface area (Å²) in [5.74, 6) is -3.05. The maximum atomic E-state index is 14.9. The number of hydrogen-bond donors (Lipinski definition) is 2. The van der Waals surface area contributed by atoms with Gasteiger partial charge >= 0.3 is 6.18 Å². The highest BCUT2D eigenvalue weighted by atomic mass is 32.2. The summed E-state index contributed by atoms with van der Waals surface area (Å²) >= 11 is 0. The number of nitrogens with zero attached hydrogens (tertiary/aromatic N) is 2. The lowest BCUT2D eigenvalue weighted by atomic mass is 9.77. The fraction of sp³-hybridized carbons (Fsp3) is 0.444. The van der Waals surface area contributed by atoms with Crippen LogP contribution in [0.5, 0.6) is 0 Å². The molecule has 2 amide bonds. The molecule has 0 unspecified atom stereocenters. The molecule has 2 aliphatic rings. The minimum Gasteiger partial charge on any atom is -0.379 e. The highest BCUT2D eigenvalue weighted by molar-refractivity contribution is 7.91. The standard InChI is InChI=1S/C27H29F5N4O5S/c1-42(39,40)16-23(37)34-14-21-20(22-7-4-18(13-33-22)24(28)29)12-26(27(30,31)32,35-25(21)38)19-5-2-17(3-6-19)15-36-8-10-41-11-9-36/h2-7,13,24H,8-12,14-16H2,1H3,(H,34,37)(H,35,38)/t26-/m1/s1. The van der Waals surface area contributed by atoms with Crippen LogP contribution in [-0.2, 0) is 36.2 Å². The summed E-state index contributed by atoms with van der Waals surface area (Å²) in [5.41, 5.74) is -3.57. The van der Waals surface area contributed by atoms with E-state index in [0.717, 1.165) is 30.1 Å². The highest BCUT2D eigenvalue weighted by Crippen LogP contribution is 2.48. The number of amides is 2. The molecule has 2 aliphatic heterocycles. The van der Waals surface area contributed by atoms with Gasteiger partial charge in [0.2, 0.25) is 11.8 Å². The van der Waals surface area contributed by atoms with Crippen molar-refractivity contribution in [2.45, 2.75) is 31.1 Å². The molecule has 0 aliphatic carbocycles. The second-order valence-electron chi connectivity index (χ2n) is 10.2. The highest BCUT2D eigenvalue weighted by Gasteiger charge is 2.59. The molecule has 1 atom stereocenters. The third-order valence-corrected chi connectivity index (χ3v) is 7.84. The van der Waals surface area contributed by atoms with Crippen LogP contribution in [0.4, 0.5) is 22.0 Å². The van der Waals surface area contributed by atoms with E-state index in [2.05, 4.69) is 20.5 Å². The van der Waals surface area contributed by atoms with Crippen molar-refractivity contribution in [2.75, 3.05) is 44.9 Å². The van der Waals surface area contributed by atoms with E-state index in [4.69, 9.17) is 4.74 Å². The number of aromatic nitrogens is 1. The summed E-state index contributed by atoms with van der Waals surface area (Å²) < 4.78 is 99.2. The van der Waals surface area contributed by atoms with E-state index in [-0.39, 0.29) is 22.4 Å². The molecule has 1 aromatic carbocycles. The number of carbonyl (C=O) groups excluding carboxylic acids is 2. The maximum Gasteiger partial charge on any atom is 0.416 e. The normalized spacial score (nSPS) is 20.5. The number of hydrogen-bond acceptors (Lipinski definition) is 7. The van der Waals surface area contributed by atoms with Crippen LogP contribution in [0.25, 0.3) is 5.57 Å². The number of carbonyl (C=O) groups is 2. The molecule has 228 valence electrons. The summed E-state index contributed by atoms with van der Waals surface area (Å²) in [5, 5.41) is 4.31. The molecule has 1 fully saturated rings. The summed E-state index contributed by atoms with van der Waals surface area (Å²) in [6, 6.07) is 7.73. The van der Waals surface area contributed by atoms with Gasteiger partial charge in [-0.1, -0.05) is 24.3 Å². The Balaban J connectivity index is 1.72. The quantitative estimate of drug-likeness (QED) is 0.416. The molecule has 3 heterocycles. The number of pyridine rings is 1. The van der Waals surface area contributed by atoms with Gasteiger partial charge in [0.25, 0.3) is 6.43 Å². The van der Waals surface area contributed by atoms with Crippen molar-refractivity contribution in [3.63, 3.8) is 0 Å². The minimum absolute atomic E-state index is 0.167. The molecule has 9 nitrogen and oxygen atoms in total. The van der Waals surface area contributed by atoms with E-state index in [9.17, 15) is 40.0 Å². The number of benzene rings is 1. The zero-order valence-corrected chi connectivity index (χ0v) is 23.3. The number of morpholine rings is 1. The van der Waals surface area contributed by atoms with Gasteiger partial charge in [-0.15, -0.1) is 0 Å². The minimum atomic E-state index is -5.01. The van der Waals surface area contributed by atoms with Crippen LogP contribution in [0.1, 0.15) is 35.2 Å². The van der Waals surface area contributed by atoms with E-state index < -0.39 is 64.1 Å². The van der Waals surface area contributed by atoms with Crippen molar-refractivity contribution < 1.29 is 44.7 Å². The van der Waals surface area contributed by atoms with Crippen molar-refractivity contribution in [1.29, 1.82) is 0 Å². The van der Waals surface area contributed by atoms with Crippen molar-refractivity contribution in [3.05, 3.63) is 70.6 Å². The molecule has 1 aromatic heterocycles. The Morgan fingerprint density at radius 2 is 1.81 bits per heavy atom. The number of nitrogens with one attached hydrogen (secondary N) is 2. The Hall–Kier alpha value is -3.43. The SMILES string of the molecule is CS(=O)(=O)CC(=O)NCC1=C(c2ccc(C(F)F)cn2)C[C@@](c2ccc(CN3CCOCC3)cc2)(C(F)(F)F)NC1=O. The summed E-state index contributed by atoms with van der Waals surface area (Å²) in [6.45, 7) is 2.36. The third kappa shape index (κ3) is 7.31. The molecule has 0 radical (unpaired) electrons. The van der Waals surface area contributed by atoms with Crippen molar-refractivity contribution in [1.82, 2.24) is 20.5 Å². The van der Waals surface area contributed by atoms with Gasteiger partial charge in [0.1, 0.15) is 5.75 Å². The molecule has 0 saturated carbocycles. The Morgan fingerprint density at radius 1 is 1.14 bits per heavy atom. The average molecular weight is 617 g/mol. The first-order chi connectivity index (χ1) is 19.7. The van der Waals surface area contributed by atoms with Gasteiger partial charge < -0.3 is 15.4 Å². The predicted molar refractivity (Wildman–Crippen MR) is 142 cm³/mol. The van der Waals surface area contributed by atoms with E-state index >= 15 is 0 Å². The van der Waals surface area contributed by atoms with E-state index in [1.54, 1.807) is 12.1 Å². The zero-order valence-electron chi connectivity index (χ0n) is 22.5. The molecule has 2 N–H and O–H groups in total. The third-order valence-electron chi connectivity index (χ3n) is 7.05. The van der Waals surface area contributed by atoms with Crippen LogP contribution in [0, 0.1) is 0 Å². The van der Waals surface area contributed by atoms with Crippen LogP contribution in [0.3, 0.4) is 0 Å². The van der Waals surface area contributed by atoms with Gasteiger partial charge in [-0.3, -0.25) is 19.5 Å². The average Bonchev–Trinajstić information content (AvgIpc) is 2.91. The van der Waals surface area contributed by atoms with Gasteiger partial charge in [-0.2, -0.15) is 13.2 Å². The van der Waals surface area contributed by atoms with Crippen molar-refractivity contribution in [3.8, 4) is 0 Å². The lowest BCUT2D eigenvalue weighted by Gasteiger charge is -2.41. The topological polar surface area (TPSA) is 118 Å². The molecule has 0 spiro atoms. The van der Waals surface area contributed by atoms with Gasteiger partial charge in [0.05, 0.1) is 18.9 Å². The Labute approximate surface area is 239 Å². The monoisotopic (exact) mass is 616 g/mol. The molecule has 2 aromatic rings. The van der Waals surface area contributed by atoms with Crippen LogP contribution >= 0.6 is 0 Å². The van der Waals surface area contributed by atoms with E-state index in [1.807, 2.05) is 0 Å². The fourth-order valence-corrected chi connectivity index (χ4v) is 5.44. The fourth-order valence-electron chi connectivity index (χ4n) is 4.86. The molecular weight excluding hydrogens is 587 g/mol. The molecule has 4 rings (SSSR count). The number of ether oxygens (including phenoxy) is 1. The predicted octanol–water partition coefficient (Wildman–Crippen LogP) is 2.74. The maximum absolute atomic E-state index is 14.9. The smallest absolute Gasteiger partial charge is 0.379 e. The van der Waals surface area contributed by atoms with Gasteiger partial charge in [0, 0.05) is 56.2 Å². The first kappa shape index (κ1) is 31.5. The van der Waals surface area contributed by atoms with E-state index in [1.165, 1.54) is 12.1 Å². The van der Waals surface area contributed by atoms with Gasteiger partial charge in [-0.25, -0.2) is 17.2 Å². The first-order valence-corrected chi connectivity index (χ1v) is 14.9. The Bertz CT molecular complexity index is 1440. The first-order valence-electron chi connectivity index (χ1n) is 12.9. The summed E-state index contributed by atoms with van der Waals surface area (Å²) in [7, 11) is -3.73. The molecule has 15 heteroatoms. The van der Waals surface area contributed by atoms with Crippen molar-refractivity contribution in [2.24, 2.45) is 0 Å². The largest absolute Gasteiger partial charge is 0.416 e. The lowest BCUT2D eigenvalue weighted by molar-refractivity contribution is -0.201. The molecule has 0 bridgehead atoms.